The number of hydrogen-bond donors (Lipinski definition) is 1. The van der Waals surface area contributed by atoms with Crippen molar-refractivity contribution in [1.82, 2.24) is 4.90 Å². The van der Waals surface area contributed by atoms with Crippen LogP contribution in [-0.4, -0.2) is 35.3 Å². The van der Waals surface area contributed by atoms with Crippen LogP contribution in [0.25, 0.3) is 0 Å². The first-order valence-electron chi connectivity index (χ1n) is 9.43. The van der Waals surface area contributed by atoms with E-state index in [1.54, 1.807) is 42.5 Å². The number of nitrogens with one attached hydrogen (secondary N) is 1. The smallest absolute Gasteiger partial charge is 0.262 e. The molecule has 6 nitrogen and oxygen atoms in total. The molecule has 6 heteroatoms. The van der Waals surface area contributed by atoms with E-state index in [2.05, 4.69) is 5.32 Å². The van der Waals surface area contributed by atoms with Crippen LogP contribution in [0.3, 0.4) is 0 Å². The summed E-state index contributed by atoms with van der Waals surface area (Å²) in [7, 11) is 0. The Labute approximate surface area is 164 Å². The summed E-state index contributed by atoms with van der Waals surface area (Å²) in [6.45, 7) is 6.22. The number of carbonyl (C=O) groups excluding carboxylic acids is 3. The molecule has 0 saturated carbocycles. The Bertz CT molecular complexity index is 872. The Kier molecular flexibility index (Phi) is 5.78. The number of anilines is 1. The van der Waals surface area contributed by atoms with Crippen LogP contribution in [0.5, 0.6) is 5.75 Å². The van der Waals surface area contributed by atoms with Crippen molar-refractivity contribution in [2.24, 2.45) is 5.92 Å². The summed E-state index contributed by atoms with van der Waals surface area (Å²) < 4.78 is 5.55. The Morgan fingerprint density at radius 1 is 1.00 bits per heavy atom. The highest BCUT2D eigenvalue weighted by molar-refractivity contribution is 6.23. The Balaban J connectivity index is 1.90. The average molecular weight is 380 g/mol. The number of nitrogens with zero attached hydrogens (tertiary/aromatic N) is 1. The zero-order valence-corrected chi connectivity index (χ0v) is 16.3. The maximum absolute atomic E-state index is 13.1. The van der Waals surface area contributed by atoms with E-state index in [0.717, 1.165) is 4.90 Å². The second kappa shape index (κ2) is 8.25. The highest BCUT2D eigenvalue weighted by atomic mass is 16.5. The van der Waals surface area contributed by atoms with Gasteiger partial charge < -0.3 is 10.1 Å². The summed E-state index contributed by atoms with van der Waals surface area (Å²) in [6.07, 6.45) is 0.369. The number of ether oxygens (including phenoxy) is 1. The maximum atomic E-state index is 13.1. The number of imide groups is 1. The zero-order chi connectivity index (χ0) is 20.3. The van der Waals surface area contributed by atoms with Crippen molar-refractivity contribution >= 4 is 23.4 Å². The van der Waals surface area contributed by atoms with Crippen LogP contribution >= 0.6 is 0 Å². The fraction of sp³-hybridized carbons (Fsp3) is 0.318. The van der Waals surface area contributed by atoms with Gasteiger partial charge in [-0.25, -0.2) is 0 Å². The number of rotatable bonds is 7. The molecular formula is C22H24N2O4. The lowest BCUT2D eigenvalue weighted by atomic mass is 10.0. The first kappa shape index (κ1) is 19.6. The second-order valence-corrected chi connectivity index (χ2v) is 7.09. The van der Waals surface area contributed by atoms with Gasteiger partial charge >= 0.3 is 0 Å². The zero-order valence-electron chi connectivity index (χ0n) is 16.3. The molecule has 0 bridgehead atoms. The van der Waals surface area contributed by atoms with Crippen LogP contribution < -0.4 is 10.1 Å². The summed E-state index contributed by atoms with van der Waals surface area (Å²) in [6, 6.07) is 12.9. The molecule has 0 aromatic heterocycles. The molecule has 0 radical (unpaired) electrons. The standard InChI is InChI=1S/C22H24N2O4/c1-4-28-19-12-8-7-11-17(19)23-20(25)18(13-14(2)3)24-21(26)15-9-5-6-10-16(15)22(24)27/h5-12,14,18H,4,13H2,1-3H3,(H,23,25)/t18-/m0/s1. The number of para-hydroxylation sites is 2. The molecule has 1 aliphatic heterocycles. The van der Waals surface area contributed by atoms with Gasteiger partial charge in [0, 0.05) is 0 Å². The third kappa shape index (κ3) is 3.76. The van der Waals surface area contributed by atoms with Crippen LogP contribution in [0, 0.1) is 5.92 Å². The SMILES string of the molecule is CCOc1ccccc1NC(=O)[C@H](CC(C)C)N1C(=O)c2ccccc2C1=O. The molecule has 2 aromatic rings. The molecular weight excluding hydrogens is 356 g/mol. The molecule has 1 atom stereocenters. The van der Waals surface area contributed by atoms with E-state index in [9.17, 15) is 14.4 Å². The summed E-state index contributed by atoms with van der Waals surface area (Å²) in [5, 5.41) is 2.84. The highest BCUT2D eigenvalue weighted by Gasteiger charge is 2.42. The van der Waals surface area contributed by atoms with Crippen LogP contribution in [0.4, 0.5) is 5.69 Å². The minimum atomic E-state index is -0.901. The van der Waals surface area contributed by atoms with Crippen molar-refractivity contribution in [1.29, 1.82) is 0 Å². The van der Waals surface area contributed by atoms with E-state index in [4.69, 9.17) is 4.74 Å². The van der Waals surface area contributed by atoms with Crippen molar-refractivity contribution in [2.75, 3.05) is 11.9 Å². The monoisotopic (exact) mass is 380 g/mol. The molecule has 3 rings (SSSR count). The molecule has 0 aliphatic carbocycles. The minimum absolute atomic E-state index is 0.113. The molecule has 0 unspecified atom stereocenters. The molecule has 3 amide bonds. The van der Waals surface area contributed by atoms with E-state index in [-0.39, 0.29) is 5.92 Å². The lowest BCUT2D eigenvalue weighted by Crippen LogP contribution is -2.48. The van der Waals surface area contributed by atoms with E-state index >= 15 is 0 Å². The topological polar surface area (TPSA) is 75.7 Å². The predicted molar refractivity (Wildman–Crippen MR) is 106 cm³/mol. The first-order valence-corrected chi connectivity index (χ1v) is 9.43. The largest absolute Gasteiger partial charge is 0.492 e. The molecule has 0 spiro atoms. The third-order valence-electron chi connectivity index (χ3n) is 4.58. The number of benzene rings is 2. The first-order chi connectivity index (χ1) is 13.4. The Hall–Kier alpha value is -3.15. The quantitative estimate of drug-likeness (QED) is 0.743. The van der Waals surface area contributed by atoms with Crippen LogP contribution in [0.1, 0.15) is 47.9 Å². The third-order valence-corrected chi connectivity index (χ3v) is 4.58. The molecule has 28 heavy (non-hydrogen) atoms. The number of amides is 3. The summed E-state index contributed by atoms with van der Waals surface area (Å²) >= 11 is 0. The highest BCUT2D eigenvalue weighted by Crippen LogP contribution is 2.29. The van der Waals surface area contributed by atoms with Crippen molar-refractivity contribution in [3.63, 3.8) is 0 Å². The van der Waals surface area contributed by atoms with Gasteiger partial charge in [-0.1, -0.05) is 38.1 Å². The van der Waals surface area contributed by atoms with Gasteiger partial charge in [-0.05, 0) is 43.5 Å². The Morgan fingerprint density at radius 3 is 2.14 bits per heavy atom. The predicted octanol–water partition coefficient (Wildman–Crippen LogP) is 3.73. The van der Waals surface area contributed by atoms with E-state index < -0.39 is 23.8 Å². The summed E-state index contributed by atoms with van der Waals surface area (Å²) in [4.78, 5) is 39.9. The number of hydrogen-bond acceptors (Lipinski definition) is 4. The van der Waals surface area contributed by atoms with Crippen molar-refractivity contribution in [3.05, 3.63) is 59.7 Å². The molecule has 1 N–H and O–H groups in total. The molecule has 2 aromatic carbocycles. The van der Waals surface area contributed by atoms with Gasteiger partial charge in [-0.3, -0.25) is 19.3 Å². The number of fused-ring (bicyclic) bond motifs is 1. The minimum Gasteiger partial charge on any atom is -0.492 e. The van der Waals surface area contributed by atoms with Crippen molar-refractivity contribution in [3.8, 4) is 5.75 Å². The van der Waals surface area contributed by atoms with Crippen molar-refractivity contribution < 1.29 is 19.1 Å². The van der Waals surface area contributed by atoms with Gasteiger partial charge in [-0.2, -0.15) is 0 Å². The summed E-state index contributed by atoms with van der Waals surface area (Å²) in [5.41, 5.74) is 1.19. The lowest BCUT2D eigenvalue weighted by molar-refractivity contribution is -0.120. The lowest BCUT2D eigenvalue weighted by Gasteiger charge is -2.27. The van der Waals surface area contributed by atoms with E-state index in [0.29, 0.717) is 35.6 Å². The fourth-order valence-corrected chi connectivity index (χ4v) is 3.33. The summed E-state index contributed by atoms with van der Waals surface area (Å²) in [5.74, 6) is -0.611. The van der Waals surface area contributed by atoms with Crippen LogP contribution in [-0.2, 0) is 4.79 Å². The maximum Gasteiger partial charge on any atom is 0.262 e. The van der Waals surface area contributed by atoms with Crippen LogP contribution in [0.15, 0.2) is 48.5 Å². The average Bonchev–Trinajstić information content (AvgIpc) is 2.92. The van der Waals surface area contributed by atoms with Gasteiger partial charge in [-0.15, -0.1) is 0 Å². The van der Waals surface area contributed by atoms with E-state index in [1.165, 1.54) is 0 Å². The number of carbonyl (C=O) groups is 3. The van der Waals surface area contributed by atoms with Crippen LogP contribution in [0.2, 0.25) is 0 Å². The van der Waals surface area contributed by atoms with Gasteiger partial charge in [0.2, 0.25) is 5.91 Å². The molecule has 146 valence electrons. The van der Waals surface area contributed by atoms with Gasteiger partial charge in [0.05, 0.1) is 23.4 Å². The molecule has 1 aliphatic rings. The Morgan fingerprint density at radius 2 is 1.57 bits per heavy atom. The normalized spacial score (nSPS) is 14.2. The fourth-order valence-electron chi connectivity index (χ4n) is 3.33. The van der Waals surface area contributed by atoms with Gasteiger partial charge in [0.1, 0.15) is 11.8 Å². The second-order valence-electron chi connectivity index (χ2n) is 7.09. The molecule has 0 fully saturated rings. The van der Waals surface area contributed by atoms with E-state index in [1.807, 2.05) is 26.8 Å². The molecule has 0 saturated heterocycles. The van der Waals surface area contributed by atoms with Gasteiger partial charge in [0.25, 0.3) is 11.8 Å². The van der Waals surface area contributed by atoms with Gasteiger partial charge in [0.15, 0.2) is 0 Å². The van der Waals surface area contributed by atoms with Crippen molar-refractivity contribution in [2.45, 2.75) is 33.2 Å². The molecule has 1 heterocycles.